The number of hydrogen-bond donors (Lipinski definition) is 0. The van der Waals surface area contributed by atoms with Gasteiger partial charge < -0.3 is 13.9 Å². The van der Waals surface area contributed by atoms with Gasteiger partial charge in [0.1, 0.15) is 12.4 Å². The lowest BCUT2D eigenvalue weighted by atomic mass is 10.1. The van der Waals surface area contributed by atoms with Crippen LogP contribution < -0.4 is 15.9 Å². The highest BCUT2D eigenvalue weighted by molar-refractivity contribution is 5.96. The second kappa shape index (κ2) is 6.21. The van der Waals surface area contributed by atoms with Gasteiger partial charge in [-0.2, -0.15) is 0 Å². The van der Waals surface area contributed by atoms with Gasteiger partial charge in [-0.1, -0.05) is 12.1 Å². The van der Waals surface area contributed by atoms with E-state index in [-0.39, 0.29) is 18.9 Å². The average molecular weight is 288 g/mol. The highest BCUT2D eigenvalue weighted by Gasteiger charge is 2.08. The minimum Gasteiger partial charge on any atom is -0.491 e. The predicted molar refractivity (Wildman–Crippen MR) is 77.9 cm³/mol. The third-order valence-corrected chi connectivity index (χ3v) is 3.09. The van der Waals surface area contributed by atoms with Crippen LogP contribution in [0.2, 0.25) is 0 Å². The molecule has 0 unspecified atom stereocenters. The van der Waals surface area contributed by atoms with Crippen molar-refractivity contribution in [3.63, 3.8) is 0 Å². The monoisotopic (exact) mass is 288 g/mol. The van der Waals surface area contributed by atoms with Crippen molar-refractivity contribution in [2.75, 3.05) is 6.61 Å². The number of carbonyl (C=O) groups is 1. The number of hydrogen-bond acceptors (Lipinski definition) is 4. The van der Waals surface area contributed by atoms with Gasteiger partial charge in [0.15, 0.2) is 5.78 Å². The van der Waals surface area contributed by atoms with Crippen LogP contribution in [0.4, 0.5) is 0 Å². The molecule has 1 heterocycles. The van der Waals surface area contributed by atoms with Gasteiger partial charge in [0.2, 0.25) is 0 Å². The first-order chi connectivity index (χ1) is 10.0. The molecular formula is C15H16N2O4. The standard InChI is InChI=1S/C15H16N2O4/c1-11(18)12-5-3-4-6-13(12)21-10-9-17-8-7-16(2)14(19)15(17)20/h3-8H,9-10H2,1-2H3. The van der Waals surface area contributed by atoms with Gasteiger partial charge in [0.25, 0.3) is 0 Å². The zero-order valence-corrected chi connectivity index (χ0v) is 11.9. The summed E-state index contributed by atoms with van der Waals surface area (Å²) in [5, 5.41) is 0. The second-order valence-electron chi connectivity index (χ2n) is 4.61. The molecule has 0 amide bonds. The lowest BCUT2D eigenvalue weighted by Gasteiger charge is -2.10. The smallest absolute Gasteiger partial charge is 0.316 e. The van der Waals surface area contributed by atoms with Gasteiger partial charge in [0, 0.05) is 19.4 Å². The van der Waals surface area contributed by atoms with E-state index >= 15 is 0 Å². The fourth-order valence-corrected chi connectivity index (χ4v) is 1.90. The molecular weight excluding hydrogens is 272 g/mol. The summed E-state index contributed by atoms with van der Waals surface area (Å²) in [6.45, 7) is 1.89. The van der Waals surface area contributed by atoms with Crippen LogP contribution >= 0.6 is 0 Å². The van der Waals surface area contributed by atoms with Crippen LogP contribution in [-0.2, 0) is 13.6 Å². The highest BCUT2D eigenvalue weighted by atomic mass is 16.5. The summed E-state index contributed by atoms with van der Waals surface area (Å²) in [6, 6.07) is 6.91. The zero-order chi connectivity index (χ0) is 15.4. The number of aromatic nitrogens is 2. The van der Waals surface area contributed by atoms with Crippen molar-refractivity contribution in [2.24, 2.45) is 7.05 Å². The van der Waals surface area contributed by atoms with Crippen molar-refractivity contribution in [3.05, 3.63) is 62.9 Å². The van der Waals surface area contributed by atoms with Gasteiger partial charge in [-0.3, -0.25) is 14.4 Å². The quantitative estimate of drug-likeness (QED) is 0.603. The molecule has 0 saturated carbocycles. The number of para-hydroxylation sites is 1. The number of carbonyl (C=O) groups excluding carboxylic acids is 1. The van der Waals surface area contributed by atoms with Gasteiger partial charge in [-0.25, -0.2) is 0 Å². The molecule has 1 aromatic carbocycles. The van der Waals surface area contributed by atoms with Crippen LogP contribution in [0.5, 0.6) is 5.75 Å². The second-order valence-corrected chi connectivity index (χ2v) is 4.61. The maximum absolute atomic E-state index is 11.7. The molecule has 2 aromatic rings. The van der Waals surface area contributed by atoms with E-state index in [9.17, 15) is 14.4 Å². The third-order valence-electron chi connectivity index (χ3n) is 3.09. The molecule has 0 atom stereocenters. The first-order valence-corrected chi connectivity index (χ1v) is 6.49. The zero-order valence-electron chi connectivity index (χ0n) is 11.9. The number of nitrogens with zero attached hydrogens (tertiary/aromatic N) is 2. The molecule has 0 radical (unpaired) electrons. The summed E-state index contributed by atoms with van der Waals surface area (Å²) in [5.74, 6) is 0.387. The van der Waals surface area contributed by atoms with Crippen molar-refractivity contribution in [2.45, 2.75) is 13.5 Å². The van der Waals surface area contributed by atoms with E-state index in [2.05, 4.69) is 0 Å². The minimum atomic E-state index is -0.594. The molecule has 110 valence electrons. The fourth-order valence-electron chi connectivity index (χ4n) is 1.90. The molecule has 6 nitrogen and oxygen atoms in total. The number of ether oxygens (including phenoxy) is 1. The van der Waals surface area contributed by atoms with E-state index in [1.54, 1.807) is 24.3 Å². The van der Waals surface area contributed by atoms with E-state index in [1.807, 2.05) is 0 Å². The summed E-state index contributed by atoms with van der Waals surface area (Å²) in [4.78, 5) is 34.7. The Hall–Kier alpha value is -2.63. The number of rotatable bonds is 5. The van der Waals surface area contributed by atoms with E-state index in [4.69, 9.17) is 4.74 Å². The molecule has 0 aliphatic rings. The van der Waals surface area contributed by atoms with Crippen molar-refractivity contribution >= 4 is 5.78 Å². The lowest BCUT2D eigenvalue weighted by Crippen LogP contribution is -2.40. The molecule has 1 aromatic heterocycles. The first kappa shape index (κ1) is 14.8. The summed E-state index contributed by atoms with van der Waals surface area (Å²) >= 11 is 0. The van der Waals surface area contributed by atoms with E-state index in [0.717, 1.165) is 0 Å². The predicted octanol–water partition coefficient (Wildman–Crippen LogP) is 0.829. The first-order valence-electron chi connectivity index (χ1n) is 6.49. The van der Waals surface area contributed by atoms with E-state index in [0.29, 0.717) is 11.3 Å². The van der Waals surface area contributed by atoms with Gasteiger partial charge in [-0.15, -0.1) is 0 Å². The number of aryl methyl sites for hydroxylation is 1. The van der Waals surface area contributed by atoms with Gasteiger partial charge in [-0.05, 0) is 19.1 Å². The van der Waals surface area contributed by atoms with Gasteiger partial charge >= 0.3 is 11.1 Å². The maximum Gasteiger partial charge on any atom is 0.316 e. The molecule has 0 N–H and O–H groups in total. The number of ketones is 1. The molecule has 2 rings (SSSR count). The number of Topliss-reactive ketones (excluding diaryl/α,β-unsaturated/α-hetero) is 1. The molecule has 0 fully saturated rings. The van der Waals surface area contributed by atoms with Crippen molar-refractivity contribution in [1.82, 2.24) is 9.13 Å². The van der Waals surface area contributed by atoms with Crippen LogP contribution in [0.25, 0.3) is 0 Å². The summed E-state index contributed by atoms with van der Waals surface area (Å²) in [6.07, 6.45) is 3.05. The Morgan fingerprint density at radius 2 is 1.86 bits per heavy atom. The van der Waals surface area contributed by atoms with Crippen LogP contribution in [-0.4, -0.2) is 21.5 Å². The molecule has 0 bridgehead atoms. The van der Waals surface area contributed by atoms with Crippen LogP contribution in [0.15, 0.2) is 46.2 Å². The number of benzene rings is 1. The highest BCUT2D eigenvalue weighted by Crippen LogP contribution is 2.18. The van der Waals surface area contributed by atoms with E-state index < -0.39 is 11.1 Å². The molecule has 6 heteroatoms. The topological polar surface area (TPSA) is 70.3 Å². The lowest BCUT2D eigenvalue weighted by molar-refractivity contribution is 0.101. The minimum absolute atomic E-state index is 0.0867. The Morgan fingerprint density at radius 1 is 1.14 bits per heavy atom. The Kier molecular flexibility index (Phi) is 4.37. The normalized spacial score (nSPS) is 10.4. The largest absolute Gasteiger partial charge is 0.491 e. The SMILES string of the molecule is CC(=O)c1ccccc1OCCn1ccn(C)c(=O)c1=O. The summed E-state index contributed by atoms with van der Waals surface area (Å²) in [5.41, 5.74) is -0.682. The molecule has 21 heavy (non-hydrogen) atoms. The average Bonchev–Trinajstić information content (AvgIpc) is 2.47. The van der Waals surface area contributed by atoms with Crippen LogP contribution in [0, 0.1) is 0 Å². The fraction of sp³-hybridized carbons (Fsp3) is 0.267. The Morgan fingerprint density at radius 3 is 2.57 bits per heavy atom. The summed E-state index contributed by atoms with van der Waals surface area (Å²) in [7, 11) is 1.52. The van der Waals surface area contributed by atoms with Crippen molar-refractivity contribution < 1.29 is 9.53 Å². The van der Waals surface area contributed by atoms with Crippen LogP contribution in [0.1, 0.15) is 17.3 Å². The van der Waals surface area contributed by atoms with Crippen molar-refractivity contribution in [1.29, 1.82) is 0 Å². The van der Waals surface area contributed by atoms with Crippen molar-refractivity contribution in [3.8, 4) is 5.75 Å². The van der Waals surface area contributed by atoms with E-state index in [1.165, 1.54) is 35.5 Å². The summed E-state index contributed by atoms with van der Waals surface area (Å²) < 4.78 is 8.06. The molecule has 0 aliphatic heterocycles. The van der Waals surface area contributed by atoms with Gasteiger partial charge in [0.05, 0.1) is 12.1 Å². The Balaban J connectivity index is 2.09. The Bertz CT molecular complexity index is 774. The Labute approximate surface area is 121 Å². The van der Waals surface area contributed by atoms with Crippen LogP contribution in [0.3, 0.4) is 0 Å². The third kappa shape index (κ3) is 3.28. The molecule has 0 saturated heterocycles. The molecule has 0 aliphatic carbocycles. The maximum atomic E-state index is 11.7. The molecule has 0 spiro atoms.